The van der Waals surface area contributed by atoms with Crippen LogP contribution in [-0.2, 0) is 11.8 Å². The molecule has 6 heteroatoms. The molecule has 122 valence electrons. The first-order valence-electron chi connectivity index (χ1n) is 7.38. The molecule has 1 heterocycles. The highest BCUT2D eigenvalue weighted by atomic mass is 19.1. The van der Waals surface area contributed by atoms with E-state index in [2.05, 4.69) is 10.5 Å². The molecule has 2 aromatic carbocycles. The maximum absolute atomic E-state index is 12.8. The molecule has 0 bridgehead atoms. The van der Waals surface area contributed by atoms with E-state index in [1.807, 2.05) is 42.1 Å². The van der Waals surface area contributed by atoms with Gasteiger partial charge in [0.05, 0.1) is 6.21 Å². The summed E-state index contributed by atoms with van der Waals surface area (Å²) in [6, 6.07) is 13.4. The largest absolute Gasteiger partial charge is 0.484 e. The van der Waals surface area contributed by atoms with Gasteiger partial charge in [0.2, 0.25) is 0 Å². The minimum Gasteiger partial charge on any atom is -0.484 e. The molecule has 1 N–H and O–H groups in total. The molecule has 24 heavy (non-hydrogen) atoms. The average Bonchev–Trinajstić information content (AvgIpc) is 2.91. The van der Waals surface area contributed by atoms with Gasteiger partial charge >= 0.3 is 0 Å². The number of hydrogen-bond acceptors (Lipinski definition) is 3. The fraction of sp³-hybridized carbons (Fsp3) is 0.111. The van der Waals surface area contributed by atoms with Crippen molar-refractivity contribution in [3.63, 3.8) is 0 Å². The van der Waals surface area contributed by atoms with Crippen molar-refractivity contribution in [1.82, 2.24) is 9.99 Å². The van der Waals surface area contributed by atoms with Crippen LogP contribution in [0.4, 0.5) is 4.39 Å². The monoisotopic (exact) mass is 325 g/mol. The zero-order valence-corrected chi connectivity index (χ0v) is 13.1. The topological polar surface area (TPSA) is 55.6 Å². The van der Waals surface area contributed by atoms with E-state index >= 15 is 0 Å². The normalized spacial score (nSPS) is 11.1. The fourth-order valence-corrected chi connectivity index (χ4v) is 2.36. The number of para-hydroxylation sites is 1. The number of rotatable bonds is 5. The molecule has 0 aliphatic rings. The van der Waals surface area contributed by atoms with Crippen LogP contribution < -0.4 is 10.2 Å². The first-order chi connectivity index (χ1) is 11.6. The van der Waals surface area contributed by atoms with Gasteiger partial charge in [0.15, 0.2) is 6.61 Å². The summed E-state index contributed by atoms with van der Waals surface area (Å²) in [7, 11) is 1.95. The second kappa shape index (κ2) is 6.95. The lowest BCUT2D eigenvalue weighted by atomic mass is 10.2. The highest BCUT2D eigenvalue weighted by molar-refractivity contribution is 5.99. The number of nitrogens with one attached hydrogen (secondary N) is 1. The zero-order chi connectivity index (χ0) is 16.9. The van der Waals surface area contributed by atoms with E-state index in [9.17, 15) is 9.18 Å². The SMILES string of the molecule is Cn1cc(C=NNC(=O)COc2ccc(F)cc2)c2ccccc21. The van der Waals surface area contributed by atoms with Gasteiger partial charge in [0.25, 0.3) is 5.91 Å². The predicted octanol–water partition coefficient (Wildman–Crippen LogP) is 2.85. The van der Waals surface area contributed by atoms with E-state index in [4.69, 9.17) is 4.74 Å². The number of aryl methyl sites for hydroxylation is 1. The van der Waals surface area contributed by atoms with E-state index in [1.165, 1.54) is 24.3 Å². The quantitative estimate of drug-likeness (QED) is 0.579. The van der Waals surface area contributed by atoms with E-state index in [-0.39, 0.29) is 12.4 Å². The Balaban J connectivity index is 1.57. The lowest BCUT2D eigenvalue weighted by Crippen LogP contribution is -2.24. The Hall–Kier alpha value is -3.15. The van der Waals surface area contributed by atoms with Gasteiger partial charge in [-0.2, -0.15) is 5.10 Å². The number of fused-ring (bicyclic) bond motifs is 1. The first kappa shape index (κ1) is 15.7. The molecule has 0 saturated carbocycles. The molecule has 0 spiro atoms. The van der Waals surface area contributed by atoms with Crippen molar-refractivity contribution in [3.05, 3.63) is 66.1 Å². The van der Waals surface area contributed by atoms with Crippen molar-refractivity contribution in [2.75, 3.05) is 6.61 Å². The van der Waals surface area contributed by atoms with Crippen LogP contribution >= 0.6 is 0 Å². The van der Waals surface area contributed by atoms with Crippen molar-refractivity contribution in [1.29, 1.82) is 0 Å². The van der Waals surface area contributed by atoms with Crippen molar-refractivity contribution < 1.29 is 13.9 Å². The van der Waals surface area contributed by atoms with Crippen LogP contribution in [0.25, 0.3) is 10.9 Å². The van der Waals surface area contributed by atoms with Crippen LogP contribution in [0.3, 0.4) is 0 Å². The summed E-state index contributed by atoms with van der Waals surface area (Å²) in [5, 5.41) is 5.01. The molecule has 3 rings (SSSR count). The fourth-order valence-electron chi connectivity index (χ4n) is 2.36. The Bertz CT molecular complexity index is 885. The summed E-state index contributed by atoms with van der Waals surface area (Å²) in [4.78, 5) is 11.7. The number of amides is 1. The van der Waals surface area contributed by atoms with E-state index in [0.717, 1.165) is 16.5 Å². The third kappa shape index (κ3) is 3.60. The molecule has 0 unspecified atom stereocenters. The van der Waals surface area contributed by atoms with Gasteiger partial charge < -0.3 is 9.30 Å². The predicted molar refractivity (Wildman–Crippen MR) is 90.6 cm³/mol. The smallest absolute Gasteiger partial charge is 0.277 e. The second-order valence-electron chi connectivity index (χ2n) is 5.25. The summed E-state index contributed by atoms with van der Waals surface area (Å²) in [5.74, 6) is -0.327. The van der Waals surface area contributed by atoms with Gasteiger partial charge in [-0.3, -0.25) is 4.79 Å². The van der Waals surface area contributed by atoms with Gasteiger partial charge in [-0.15, -0.1) is 0 Å². The Kier molecular flexibility index (Phi) is 4.56. The van der Waals surface area contributed by atoms with Gasteiger partial charge in [-0.1, -0.05) is 18.2 Å². The van der Waals surface area contributed by atoms with Crippen LogP contribution in [0.5, 0.6) is 5.75 Å². The minimum atomic E-state index is -0.393. The molecule has 5 nitrogen and oxygen atoms in total. The summed E-state index contributed by atoms with van der Waals surface area (Å²) < 4.78 is 20.0. The van der Waals surface area contributed by atoms with Crippen LogP contribution in [0.2, 0.25) is 0 Å². The average molecular weight is 325 g/mol. The van der Waals surface area contributed by atoms with Crippen molar-refractivity contribution in [2.45, 2.75) is 0 Å². The molecule has 3 aromatic rings. The maximum Gasteiger partial charge on any atom is 0.277 e. The van der Waals surface area contributed by atoms with Crippen molar-refractivity contribution in [3.8, 4) is 5.75 Å². The van der Waals surface area contributed by atoms with Crippen LogP contribution in [0.1, 0.15) is 5.56 Å². The van der Waals surface area contributed by atoms with Crippen molar-refractivity contribution >= 4 is 23.0 Å². The lowest BCUT2D eigenvalue weighted by molar-refractivity contribution is -0.123. The zero-order valence-electron chi connectivity index (χ0n) is 13.1. The molecule has 0 atom stereocenters. The Morgan fingerprint density at radius 3 is 2.79 bits per heavy atom. The summed E-state index contributed by atoms with van der Waals surface area (Å²) in [5.41, 5.74) is 4.41. The lowest BCUT2D eigenvalue weighted by Gasteiger charge is -2.04. The molecule has 0 aliphatic carbocycles. The molecular formula is C18H16FN3O2. The number of aromatic nitrogens is 1. The first-order valence-corrected chi connectivity index (χ1v) is 7.38. The number of hydrogen-bond donors (Lipinski definition) is 1. The van der Waals surface area contributed by atoms with Gasteiger partial charge in [0.1, 0.15) is 11.6 Å². The number of nitrogens with zero attached hydrogens (tertiary/aromatic N) is 2. The number of carbonyl (C=O) groups excluding carboxylic acids is 1. The van der Waals surface area contributed by atoms with E-state index < -0.39 is 5.91 Å². The number of benzene rings is 2. The maximum atomic E-state index is 12.8. The number of hydrazone groups is 1. The summed E-state index contributed by atoms with van der Waals surface area (Å²) >= 11 is 0. The Labute approximate surface area is 138 Å². The molecule has 1 aromatic heterocycles. The van der Waals surface area contributed by atoms with Crippen LogP contribution in [0, 0.1) is 5.82 Å². The molecule has 0 radical (unpaired) electrons. The molecule has 0 saturated heterocycles. The summed E-state index contributed by atoms with van der Waals surface area (Å²) in [6.45, 7) is -0.196. The van der Waals surface area contributed by atoms with Crippen molar-refractivity contribution in [2.24, 2.45) is 12.1 Å². The highest BCUT2D eigenvalue weighted by Gasteiger charge is 2.04. The molecular weight excluding hydrogens is 309 g/mol. The Morgan fingerprint density at radius 2 is 2.00 bits per heavy atom. The highest BCUT2D eigenvalue weighted by Crippen LogP contribution is 2.18. The number of halogens is 1. The Morgan fingerprint density at radius 1 is 1.25 bits per heavy atom. The number of ether oxygens (including phenoxy) is 1. The second-order valence-corrected chi connectivity index (χ2v) is 5.25. The van der Waals surface area contributed by atoms with Crippen LogP contribution in [0.15, 0.2) is 59.8 Å². The van der Waals surface area contributed by atoms with Gasteiger partial charge in [-0.25, -0.2) is 9.82 Å². The third-order valence-electron chi connectivity index (χ3n) is 3.50. The van der Waals surface area contributed by atoms with Gasteiger partial charge in [-0.05, 0) is 30.3 Å². The molecule has 0 aliphatic heterocycles. The third-order valence-corrected chi connectivity index (χ3v) is 3.50. The van der Waals surface area contributed by atoms with E-state index in [0.29, 0.717) is 5.75 Å². The standard InChI is InChI=1S/C18H16FN3O2/c1-22-11-13(16-4-2-3-5-17(16)22)10-20-21-18(23)12-24-15-8-6-14(19)7-9-15/h2-11H,12H2,1H3,(H,21,23). The molecule has 1 amide bonds. The van der Waals surface area contributed by atoms with E-state index in [1.54, 1.807) is 6.21 Å². The molecule has 0 fully saturated rings. The van der Waals surface area contributed by atoms with Crippen LogP contribution in [-0.4, -0.2) is 23.3 Å². The summed E-state index contributed by atoms with van der Waals surface area (Å²) in [6.07, 6.45) is 3.54. The minimum absolute atomic E-state index is 0.196. The number of carbonyl (C=O) groups is 1. The van der Waals surface area contributed by atoms with Gasteiger partial charge in [0, 0.05) is 29.7 Å².